The lowest BCUT2D eigenvalue weighted by molar-refractivity contribution is -0.151. The molecule has 1 fully saturated rings. The molecule has 0 saturated carbocycles. The highest BCUT2D eigenvalue weighted by Gasteiger charge is 2.38. The molecule has 0 aromatic carbocycles. The van der Waals surface area contributed by atoms with Crippen molar-refractivity contribution in [3.05, 3.63) is 24.2 Å². The van der Waals surface area contributed by atoms with Crippen LogP contribution in [0.4, 0.5) is 0 Å². The molecule has 1 aromatic rings. The van der Waals surface area contributed by atoms with Crippen molar-refractivity contribution in [1.82, 2.24) is 4.90 Å². The number of piperidine rings is 1. The molecule has 18 heavy (non-hydrogen) atoms. The largest absolute Gasteiger partial charge is 0.481 e. The molecule has 1 saturated heterocycles. The Labute approximate surface area is 108 Å². The first kappa shape index (κ1) is 13.1. The third-order valence-electron chi connectivity index (χ3n) is 4.12. The SMILES string of the molecule is CCC(c1ccco1)N1CCC(C)(C(=O)O)CC1. The van der Waals surface area contributed by atoms with Crippen molar-refractivity contribution in [2.75, 3.05) is 13.1 Å². The van der Waals surface area contributed by atoms with E-state index in [1.165, 1.54) is 0 Å². The van der Waals surface area contributed by atoms with E-state index in [0.29, 0.717) is 12.8 Å². The molecule has 2 heterocycles. The van der Waals surface area contributed by atoms with Crippen LogP contribution in [0.5, 0.6) is 0 Å². The fourth-order valence-corrected chi connectivity index (χ4v) is 2.66. The molecule has 0 aliphatic carbocycles. The van der Waals surface area contributed by atoms with Crippen molar-refractivity contribution in [2.24, 2.45) is 5.41 Å². The Balaban J connectivity index is 2.02. The van der Waals surface area contributed by atoms with Crippen LogP contribution in [0.2, 0.25) is 0 Å². The van der Waals surface area contributed by atoms with E-state index in [4.69, 9.17) is 4.42 Å². The summed E-state index contributed by atoms with van der Waals surface area (Å²) in [7, 11) is 0. The van der Waals surface area contributed by atoms with E-state index >= 15 is 0 Å². The molecule has 0 amide bonds. The smallest absolute Gasteiger partial charge is 0.309 e. The van der Waals surface area contributed by atoms with Crippen LogP contribution in [0.1, 0.15) is 44.9 Å². The summed E-state index contributed by atoms with van der Waals surface area (Å²) in [5, 5.41) is 9.23. The van der Waals surface area contributed by atoms with Crippen LogP contribution in [0, 0.1) is 5.41 Å². The van der Waals surface area contributed by atoms with Gasteiger partial charge in [-0.1, -0.05) is 6.92 Å². The zero-order valence-corrected chi connectivity index (χ0v) is 11.1. The van der Waals surface area contributed by atoms with Gasteiger partial charge in [0, 0.05) is 0 Å². The predicted molar refractivity (Wildman–Crippen MR) is 68.3 cm³/mol. The van der Waals surface area contributed by atoms with Crippen LogP contribution in [-0.4, -0.2) is 29.1 Å². The van der Waals surface area contributed by atoms with Gasteiger partial charge in [0.2, 0.25) is 0 Å². The van der Waals surface area contributed by atoms with Crippen LogP contribution in [-0.2, 0) is 4.79 Å². The molecule has 1 unspecified atom stereocenters. The van der Waals surface area contributed by atoms with Crippen molar-refractivity contribution in [2.45, 2.75) is 39.2 Å². The van der Waals surface area contributed by atoms with Crippen LogP contribution in [0.3, 0.4) is 0 Å². The summed E-state index contributed by atoms with van der Waals surface area (Å²) < 4.78 is 5.48. The fraction of sp³-hybridized carbons (Fsp3) is 0.643. The topological polar surface area (TPSA) is 53.7 Å². The second-order valence-electron chi connectivity index (χ2n) is 5.34. The first-order valence-electron chi connectivity index (χ1n) is 6.57. The highest BCUT2D eigenvalue weighted by molar-refractivity contribution is 5.74. The normalized spacial score (nSPS) is 21.7. The van der Waals surface area contributed by atoms with E-state index in [-0.39, 0.29) is 6.04 Å². The fourth-order valence-electron chi connectivity index (χ4n) is 2.66. The van der Waals surface area contributed by atoms with Gasteiger partial charge >= 0.3 is 5.97 Å². The molecule has 1 atom stereocenters. The third kappa shape index (κ3) is 2.43. The lowest BCUT2D eigenvalue weighted by Gasteiger charge is -2.39. The first-order valence-corrected chi connectivity index (χ1v) is 6.57. The maximum absolute atomic E-state index is 11.2. The van der Waals surface area contributed by atoms with Crippen LogP contribution < -0.4 is 0 Å². The zero-order valence-electron chi connectivity index (χ0n) is 11.1. The first-order chi connectivity index (χ1) is 8.57. The molecule has 4 heteroatoms. The van der Waals surface area contributed by atoms with Gasteiger partial charge in [-0.25, -0.2) is 0 Å². The van der Waals surface area contributed by atoms with Crippen molar-refractivity contribution in [3.8, 4) is 0 Å². The molecule has 0 bridgehead atoms. The monoisotopic (exact) mass is 251 g/mol. The number of nitrogens with zero attached hydrogens (tertiary/aromatic N) is 1. The highest BCUT2D eigenvalue weighted by atomic mass is 16.4. The lowest BCUT2D eigenvalue weighted by Crippen LogP contribution is -2.43. The average Bonchev–Trinajstić information content (AvgIpc) is 2.86. The summed E-state index contributed by atoms with van der Waals surface area (Å²) in [6.07, 6.45) is 4.10. The van der Waals surface area contributed by atoms with E-state index in [0.717, 1.165) is 25.3 Å². The Kier molecular flexibility index (Phi) is 3.76. The Hall–Kier alpha value is -1.29. The number of carbonyl (C=O) groups is 1. The van der Waals surface area contributed by atoms with Crippen LogP contribution in [0.25, 0.3) is 0 Å². The number of aliphatic carboxylic acids is 1. The standard InChI is InChI=1S/C14H21NO3/c1-3-11(12-5-4-10-18-12)15-8-6-14(2,7-9-15)13(16)17/h4-5,10-11H,3,6-9H2,1-2H3,(H,16,17). The Morgan fingerprint density at radius 3 is 2.67 bits per heavy atom. The van der Waals surface area contributed by atoms with Gasteiger partial charge in [-0.3, -0.25) is 9.69 Å². The minimum absolute atomic E-state index is 0.276. The minimum atomic E-state index is -0.673. The molecule has 1 aliphatic rings. The van der Waals surface area contributed by atoms with Gasteiger partial charge in [0.1, 0.15) is 5.76 Å². The summed E-state index contributed by atoms with van der Waals surface area (Å²) in [5.74, 6) is 0.310. The predicted octanol–water partition coefficient (Wildman–Crippen LogP) is 2.92. The Morgan fingerprint density at radius 1 is 1.56 bits per heavy atom. The van der Waals surface area contributed by atoms with Gasteiger partial charge in [0.05, 0.1) is 17.7 Å². The summed E-state index contributed by atoms with van der Waals surface area (Å²) >= 11 is 0. The maximum atomic E-state index is 11.2. The highest BCUT2D eigenvalue weighted by Crippen LogP contribution is 2.35. The number of furan rings is 1. The molecule has 1 aromatic heterocycles. The van der Waals surface area contributed by atoms with E-state index in [1.54, 1.807) is 6.26 Å². The second-order valence-corrected chi connectivity index (χ2v) is 5.34. The molecule has 2 rings (SSSR count). The van der Waals surface area contributed by atoms with Crippen LogP contribution >= 0.6 is 0 Å². The molecule has 1 N–H and O–H groups in total. The van der Waals surface area contributed by atoms with E-state index in [1.807, 2.05) is 19.1 Å². The molecule has 100 valence electrons. The van der Waals surface area contributed by atoms with E-state index in [9.17, 15) is 9.90 Å². The number of carboxylic acids is 1. The van der Waals surface area contributed by atoms with Gasteiger partial charge in [-0.15, -0.1) is 0 Å². The van der Waals surface area contributed by atoms with Crippen molar-refractivity contribution in [3.63, 3.8) is 0 Å². The second kappa shape index (κ2) is 5.14. The molecule has 0 radical (unpaired) electrons. The van der Waals surface area contributed by atoms with Crippen molar-refractivity contribution < 1.29 is 14.3 Å². The summed E-state index contributed by atoms with van der Waals surface area (Å²) in [4.78, 5) is 13.6. The van der Waals surface area contributed by atoms with Crippen LogP contribution in [0.15, 0.2) is 22.8 Å². The number of hydrogen-bond acceptors (Lipinski definition) is 3. The van der Waals surface area contributed by atoms with Gasteiger partial charge in [-0.2, -0.15) is 0 Å². The third-order valence-corrected chi connectivity index (χ3v) is 4.12. The zero-order chi connectivity index (χ0) is 13.2. The van der Waals surface area contributed by atoms with Gasteiger partial charge in [0.25, 0.3) is 0 Å². The molecule has 1 aliphatic heterocycles. The van der Waals surface area contributed by atoms with E-state index in [2.05, 4.69) is 11.8 Å². The van der Waals surface area contributed by atoms with Gasteiger partial charge in [-0.05, 0) is 51.4 Å². The molecule has 4 nitrogen and oxygen atoms in total. The Bertz CT molecular complexity index is 391. The Morgan fingerprint density at radius 2 is 2.22 bits per heavy atom. The number of likely N-dealkylation sites (tertiary alicyclic amines) is 1. The summed E-state index contributed by atoms with van der Waals surface area (Å²) in [6.45, 7) is 5.63. The number of carboxylic acid groups (broad SMARTS) is 1. The molecule has 0 spiro atoms. The average molecular weight is 251 g/mol. The van der Waals surface area contributed by atoms with Gasteiger partial charge in [0.15, 0.2) is 0 Å². The quantitative estimate of drug-likeness (QED) is 0.894. The lowest BCUT2D eigenvalue weighted by atomic mass is 9.80. The maximum Gasteiger partial charge on any atom is 0.309 e. The summed E-state index contributed by atoms with van der Waals surface area (Å²) in [5.41, 5.74) is -0.558. The van der Waals surface area contributed by atoms with Gasteiger partial charge < -0.3 is 9.52 Å². The summed E-state index contributed by atoms with van der Waals surface area (Å²) in [6, 6.07) is 4.18. The molecular weight excluding hydrogens is 230 g/mol. The van der Waals surface area contributed by atoms with Crippen molar-refractivity contribution in [1.29, 1.82) is 0 Å². The molecular formula is C14H21NO3. The van der Waals surface area contributed by atoms with E-state index < -0.39 is 11.4 Å². The number of rotatable bonds is 4. The van der Waals surface area contributed by atoms with Crippen molar-refractivity contribution >= 4 is 5.97 Å². The number of hydrogen-bond donors (Lipinski definition) is 1. The minimum Gasteiger partial charge on any atom is -0.481 e.